The number of amides is 1. The van der Waals surface area contributed by atoms with Gasteiger partial charge in [0.2, 0.25) is 0 Å². The number of hydrogen-bond donors (Lipinski definition) is 1. The molecule has 0 aliphatic carbocycles. The molecule has 6 nitrogen and oxygen atoms in total. The van der Waals surface area contributed by atoms with E-state index in [1.54, 1.807) is 29.8 Å². The average Bonchev–Trinajstić information content (AvgIpc) is 2.69. The minimum atomic E-state index is -3.90. The minimum absolute atomic E-state index is 0.101. The molecule has 0 spiro atoms. The van der Waals surface area contributed by atoms with Gasteiger partial charge in [0.1, 0.15) is 0 Å². The van der Waals surface area contributed by atoms with Crippen LogP contribution in [0, 0.1) is 27.7 Å². The Hall–Kier alpha value is -2.41. The SMILES string of the molecule is Cc1ccc(S(=O)(=O)NC(=O)/C=C\c2c(C)nn(C)c2C)c(C)c1. The molecule has 2 aromatic rings. The van der Waals surface area contributed by atoms with E-state index in [2.05, 4.69) is 9.82 Å². The second-order valence-electron chi connectivity index (χ2n) is 5.78. The lowest BCUT2D eigenvalue weighted by molar-refractivity contribution is -0.114. The maximum absolute atomic E-state index is 12.3. The van der Waals surface area contributed by atoms with Crippen LogP contribution in [0.3, 0.4) is 0 Å². The van der Waals surface area contributed by atoms with E-state index in [1.807, 2.05) is 27.8 Å². The summed E-state index contributed by atoms with van der Waals surface area (Å²) in [4.78, 5) is 12.1. The first-order valence-electron chi connectivity index (χ1n) is 7.44. The number of nitrogens with one attached hydrogen (secondary N) is 1. The summed E-state index contributed by atoms with van der Waals surface area (Å²) in [6.07, 6.45) is 2.78. The number of sulfonamides is 1. The molecule has 0 fully saturated rings. The van der Waals surface area contributed by atoms with Gasteiger partial charge in [-0.25, -0.2) is 13.1 Å². The van der Waals surface area contributed by atoms with Crippen LogP contribution >= 0.6 is 0 Å². The molecule has 1 N–H and O–H groups in total. The molecule has 0 atom stereocenters. The zero-order valence-corrected chi connectivity index (χ0v) is 15.2. The Morgan fingerprint density at radius 1 is 1.21 bits per heavy atom. The summed E-state index contributed by atoms with van der Waals surface area (Å²) in [5.41, 5.74) is 4.03. The van der Waals surface area contributed by atoms with Crippen molar-refractivity contribution in [2.45, 2.75) is 32.6 Å². The predicted octanol–water partition coefficient (Wildman–Crippen LogP) is 2.17. The van der Waals surface area contributed by atoms with E-state index in [0.717, 1.165) is 22.5 Å². The summed E-state index contributed by atoms with van der Waals surface area (Å²) in [7, 11) is -2.09. The van der Waals surface area contributed by atoms with E-state index in [0.29, 0.717) is 5.56 Å². The second kappa shape index (κ2) is 6.60. The third-order valence-corrected chi connectivity index (χ3v) is 5.33. The first kappa shape index (κ1) is 17.9. The van der Waals surface area contributed by atoms with Gasteiger partial charge in [-0.3, -0.25) is 9.48 Å². The highest BCUT2D eigenvalue weighted by Crippen LogP contribution is 2.17. The fourth-order valence-electron chi connectivity index (χ4n) is 2.51. The first-order chi connectivity index (χ1) is 11.1. The van der Waals surface area contributed by atoms with Crippen molar-refractivity contribution in [1.82, 2.24) is 14.5 Å². The minimum Gasteiger partial charge on any atom is -0.272 e. The van der Waals surface area contributed by atoms with Crippen LogP contribution in [-0.2, 0) is 21.9 Å². The molecule has 0 radical (unpaired) electrons. The van der Waals surface area contributed by atoms with Crippen LogP contribution in [0.25, 0.3) is 6.08 Å². The number of aromatic nitrogens is 2. The summed E-state index contributed by atoms with van der Waals surface area (Å²) in [6.45, 7) is 7.29. The number of benzene rings is 1. The van der Waals surface area contributed by atoms with E-state index >= 15 is 0 Å². The smallest absolute Gasteiger partial charge is 0.264 e. The molecule has 128 valence electrons. The molecule has 1 heterocycles. The molecule has 2 rings (SSSR count). The first-order valence-corrected chi connectivity index (χ1v) is 8.92. The van der Waals surface area contributed by atoms with Gasteiger partial charge in [0.05, 0.1) is 10.6 Å². The second-order valence-corrected chi connectivity index (χ2v) is 7.43. The van der Waals surface area contributed by atoms with E-state index in [9.17, 15) is 13.2 Å². The van der Waals surface area contributed by atoms with Crippen molar-refractivity contribution in [2.75, 3.05) is 0 Å². The molecule has 0 bridgehead atoms. The van der Waals surface area contributed by atoms with Crippen LogP contribution in [0.5, 0.6) is 0 Å². The standard InChI is InChI=1S/C17H21N3O3S/c1-11-6-8-16(12(2)10-11)24(22,23)19-17(21)9-7-15-13(3)18-20(5)14(15)4/h6-10H,1-5H3,(H,19,21)/b9-7-. The van der Waals surface area contributed by atoms with Crippen LogP contribution < -0.4 is 4.72 Å². The quantitative estimate of drug-likeness (QED) is 0.860. The van der Waals surface area contributed by atoms with E-state index in [4.69, 9.17) is 0 Å². The zero-order chi connectivity index (χ0) is 18.1. The highest BCUT2D eigenvalue weighted by Gasteiger charge is 2.18. The molecule has 0 saturated heterocycles. The molecule has 7 heteroatoms. The highest BCUT2D eigenvalue weighted by atomic mass is 32.2. The normalized spacial score (nSPS) is 11.9. The largest absolute Gasteiger partial charge is 0.272 e. The van der Waals surface area contributed by atoms with Crippen LogP contribution in [-0.4, -0.2) is 24.1 Å². The number of hydrogen-bond acceptors (Lipinski definition) is 4. The topological polar surface area (TPSA) is 81.1 Å². The molecule has 1 amide bonds. The van der Waals surface area contributed by atoms with Gasteiger partial charge in [0, 0.05) is 24.4 Å². The van der Waals surface area contributed by atoms with Crippen molar-refractivity contribution in [3.63, 3.8) is 0 Å². The molecule has 1 aromatic heterocycles. The Morgan fingerprint density at radius 2 is 1.88 bits per heavy atom. The monoisotopic (exact) mass is 347 g/mol. The maximum Gasteiger partial charge on any atom is 0.264 e. The highest BCUT2D eigenvalue weighted by molar-refractivity contribution is 7.90. The van der Waals surface area contributed by atoms with E-state index < -0.39 is 15.9 Å². The van der Waals surface area contributed by atoms with Gasteiger partial charge in [-0.1, -0.05) is 17.7 Å². The lowest BCUT2D eigenvalue weighted by atomic mass is 10.2. The molecular formula is C17H21N3O3S. The van der Waals surface area contributed by atoms with Gasteiger partial charge >= 0.3 is 0 Å². The van der Waals surface area contributed by atoms with Crippen LogP contribution in [0.2, 0.25) is 0 Å². The Labute approximate surface area is 142 Å². The Kier molecular flexibility index (Phi) is 4.94. The summed E-state index contributed by atoms with van der Waals surface area (Å²) in [6, 6.07) is 4.96. The van der Waals surface area contributed by atoms with Crippen LogP contribution in [0.4, 0.5) is 0 Å². The fourth-order valence-corrected chi connectivity index (χ4v) is 3.69. The van der Waals surface area contributed by atoms with Gasteiger partial charge in [0.25, 0.3) is 15.9 Å². The van der Waals surface area contributed by atoms with Crippen molar-refractivity contribution >= 4 is 22.0 Å². The van der Waals surface area contributed by atoms with Crippen molar-refractivity contribution in [1.29, 1.82) is 0 Å². The van der Waals surface area contributed by atoms with Crippen molar-refractivity contribution in [2.24, 2.45) is 7.05 Å². The van der Waals surface area contributed by atoms with Gasteiger partial charge in [0.15, 0.2) is 0 Å². The lowest BCUT2D eigenvalue weighted by Crippen LogP contribution is -2.29. The molecule has 1 aromatic carbocycles. The third-order valence-electron chi connectivity index (χ3n) is 3.82. The van der Waals surface area contributed by atoms with Crippen LogP contribution in [0.1, 0.15) is 28.1 Å². The fraction of sp³-hybridized carbons (Fsp3) is 0.294. The summed E-state index contributed by atoms with van der Waals surface area (Å²) < 4.78 is 28.5. The molecule has 0 saturated carbocycles. The number of carbonyl (C=O) groups excluding carboxylic acids is 1. The van der Waals surface area contributed by atoms with Crippen molar-refractivity contribution < 1.29 is 13.2 Å². The number of rotatable bonds is 4. The van der Waals surface area contributed by atoms with Gasteiger partial charge in [-0.05, 0) is 45.4 Å². The molecular weight excluding hydrogens is 326 g/mol. The molecule has 24 heavy (non-hydrogen) atoms. The third kappa shape index (κ3) is 3.73. The Balaban J connectivity index is 2.21. The van der Waals surface area contributed by atoms with Crippen molar-refractivity contribution in [3.8, 4) is 0 Å². The predicted molar refractivity (Wildman–Crippen MR) is 93.0 cm³/mol. The maximum atomic E-state index is 12.3. The molecule has 0 aliphatic heterocycles. The molecule has 0 unspecified atom stereocenters. The Morgan fingerprint density at radius 3 is 2.42 bits per heavy atom. The van der Waals surface area contributed by atoms with Gasteiger partial charge in [-0.2, -0.15) is 5.10 Å². The van der Waals surface area contributed by atoms with E-state index in [1.165, 1.54) is 12.1 Å². The van der Waals surface area contributed by atoms with Gasteiger partial charge in [-0.15, -0.1) is 0 Å². The zero-order valence-electron chi connectivity index (χ0n) is 14.4. The average molecular weight is 347 g/mol. The number of carbonyl (C=O) groups is 1. The number of aryl methyl sites for hydroxylation is 4. The summed E-state index contributed by atoms with van der Waals surface area (Å²) in [5.74, 6) is -0.697. The number of nitrogens with zero attached hydrogens (tertiary/aromatic N) is 2. The summed E-state index contributed by atoms with van der Waals surface area (Å²) in [5, 5.41) is 4.25. The van der Waals surface area contributed by atoms with E-state index in [-0.39, 0.29) is 4.90 Å². The lowest BCUT2D eigenvalue weighted by Gasteiger charge is -2.08. The van der Waals surface area contributed by atoms with Gasteiger partial charge < -0.3 is 0 Å². The Bertz CT molecular complexity index is 925. The summed E-state index contributed by atoms with van der Waals surface area (Å²) >= 11 is 0. The van der Waals surface area contributed by atoms with Crippen molar-refractivity contribution in [3.05, 3.63) is 52.4 Å². The molecule has 0 aliphatic rings. The van der Waals surface area contributed by atoms with Crippen LogP contribution in [0.15, 0.2) is 29.2 Å².